The molecule has 3 rings (SSSR count). The minimum Gasteiger partial charge on any atom is -0.495 e. The van der Waals surface area contributed by atoms with Crippen LogP contribution >= 0.6 is 0 Å². The Morgan fingerprint density at radius 3 is 2.32 bits per heavy atom. The average Bonchev–Trinajstić information content (AvgIpc) is 2.73. The van der Waals surface area contributed by atoms with E-state index in [1.54, 1.807) is 7.11 Å². The van der Waals surface area contributed by atoms with E-state index in [9.17, 15) is 5.11 Å². The topological polar surface area (TPSA) is 46.4 Å². The molecule has 152 valence electrons. The number of benzene rings is 2. The molecule has 28 heavy (non-hydrogen) atoms. The van der Waals surface area contributed by atoms with Crippen molar-refractivity contribution in [2.75, 3.05) is 51.3 Å². The summed E-state index contributed by atoms with van der Waals surface area (Å²) >= 11 is 0. The molecule has 5 heteroatoms. The van der Waals surface area contributed by atoms with E-state index in [1.807, 2.05) is 36.4 Å². The molecule has 0 amide bonds. The van der Waals surface area contributed by atoms with Crippen molar-refractivity contribution in [2.24, 2.45) is 0 Å². The predicted molar refractivity (Wildman–Crippen MR) is 113 cm³/mol. The van der Waals surface area contributed by atoms with E-state index in [1.165, 1.54) is 10.5 Å². The first-order valence-corrected chi connectivity index (χ1v) is 10.2. The molecule has 1 atom stereocenters. The van der Waals surface area contributed by atoms with Crippen molar-refractivity contribution >= 4 is 5.69 Å². The molecule has 0 unspecified atom stereocenters. The number of piperazine rings is 1. The van der Waals surface area contributed by atoms with Crippen LogP contribution in [0.1, 0.15) is 25.3 Å². The van der Waals surface area contributed by atoms with E-state index < -0.39 is 6.10 Å². The third-order valence-corrected chi connectivity index (χ3v) is 5.39. The first-order valence-electron chi connectivity index (χ1n) is 10.2. The SMILES string of the molecule is COc1ccccc1N1CC[NH+](C[C@@H](O)COc2ccccc2C(C)C)CC1. The van der Waals surface area contributed by atoms with Crippen molar-refractivity contribution in [2.45, 2.75) is 25.9 Å². The highest BCUT2D eigenvalue weighted by atomic mass is 16.5. The maximum absolute atomic E-state index is 10.5. The van der Waals surface area contributed by atoms with Crippen molar-refractivity contribution in [3.63, 3.8) is 0 Å². The molecule has 5 nitrogen and oxygen atoms in total. The number of hydrogen-bond donors (Lipinski definition) is 2. The second-order valence-electron chi connectivity index (χ2n) is 7.77. The summed E-state index contributed by atoms with van der Waals surface area (Å²) in [6, 6.07) is 16.3. The maximum atomic E-state index is 10.5. The van der Waals surface area contributed by atoms with Gasteiger partial charge in [0.25, 0.3) is 0 Å². The summed E-state index contributed by atoms with van der Waals surface area (Å²) in [5.74, 6) is 2.21. The summed E-state index contributed by atoms with van der Waals surface area (Å²) < 4.78 is 11.4. The van der Waals surface area contributed by atoms with Crippen molar-refractivity contribution in [3.8, 4) is 11.5 Å². The van der Waals surface area contributed by atoms with Crippen LogP contribution in [-0.2, 0) is 0 Å². The molecular weight excluding hydrogens is 352 g/mol. The number of nitrogens with one attached hydrogen (secondary N) is 1. The van der Waals surface area contributed by atoms with Crippen LogP contribution in [-0.4, -0.2) is 57.7 Å². The Labute approximate surface area is 168 Å². The van der Waals surface area contributed by atoms with Gasteiger partial charge in [0.1, 0.15) is 30.8 Å². The van der Waals surface area contributed by atoms with Crippen LogP contribution in [0.2, 0.25) is 0 Å². The van der Waals surface area contributed by atoms with Gasteiger partial charge in [0.05, 0.1) is 39.0 Å². The summed E-state index contributed by atoms with van der Waals surface area (Å²) in [6.45, 7) is 9.27. The highest BCUT2D eigenvalue weighted by molar-refractivity contribution is 5.58. The van der Waals surface area contributed by atoms with E-state index >= 15 is 0 Å². The molecule has 1 aliphatic rings. The number of aliphatic hydroxyl groups excluding tert-OH is 1. The molecule has 1 saturated heterocycles. The fourth-order valence-electron chi connectivity index (χ4n) is 3.83. The van der Waals surface area contributed by atoms with Gasteiger partial charge in [-0.15, -0.1) is 0 Å². The third kappa shape index (κ3) is 5.18. The quantitative estimate of drug-likeness (QED) is 0.729. The Balaban J connectivity index is 1.47. The Hall–Kier alpha value is -2.24. The number of hydrogen-bond acceptors (Lipinski definition) is 4. The average molecular weight is 386 g/mol. The van der Waals surface area contributed by atoms with Gasteiger partial charge in [0.15, 0.2) is 0 Å². The maximum Gasteiger partial charge on any atom is 0.142 e. The number of rotatable bonds is 8. The fourth-order valence-corrected chi connectivity index (χ4v) is 3.83. The van der Waals surface area contributed by atoms with Crippen LogP contribution in [0.4, 0.5) is 5.69 Å². The molecule has 2 aromatic rings. The smallest absolute Gasteiger partial charge is 0.142 e. The molecule has 0 aliphatic carbocycles. The van der Waals surface area contributed by atoms with Gasteiger partial charge in [-0.1, -0.05) is 44.2 Å². The molecule has 2 aromatic carbocycles. The molecule has 0 radical (unpaired) electrons. The Kier molecular flexibility index (Phi) is 7.18. The fraction of sp³-hybridized carbons (Fsp3) is 0.478. The van der Waals surface area contributed by atoms with Crippen LogP contribution in [0.15, 0.2) is 48.5 Å². The molecular formula is C23H33N2O3+. The zero-order valence-electron chi connectivity index (χ0n) is 17.2. The van der Waals surface area contributed by atoms with Gasteiger partial charge in [-0.3, -0.25) is 0 Å². The molecule has 1 fully saturated rings. The molecule has 2 N–H and O–H groups in total. The van der Waals surface area contributed by atoms with Gasteiger partial charge in [-0.2, -0.15) is 0 Å². The Morgan fingerprint density at radius 1 is 1.00 bits per heavy atom. The lowest BCUT2D eigenvalue weighted by Crippen LogP contribution is -3.16. The number of ether oxygens (including phenoxy) is 2. The molecule has 0 bridgehead atoms. The highest BCUT2D eigenvalue weighted by Gasteiger charge is 2.24. The number of anilines is 1. The Bertz CT molecular complexity index is 742. The second kappa shape index (κ2) is 9.80. The summed E-state index contributed by atoms with van der Waals surface area (Å²) in [5.41, 5.74) is 2.34. The summed E-state index contributed by atoms with van der Waals surface area (Å²) in [5, 5.41) is 10.5. The lowest BCUT2D eigenvalue weighted by molar-refractivity contribution is -0.903. The summed E-state index contributed by atoms with van der Waals surface area (Å²) in [7, 11) is 1.72. The number of aliphatic hydroxyl groups is 1. The van der Waals surface area contributed by atoms with E-state index in [0.717, 1.165) is 43.4 Å². The van der Waals surface area contributed by atoms with Gasteiger partial charge in [-0.05, 0) is 29.7 Å². The normalized spacial score (nSPS) is 16.2. The zero-order chi connectivity index (χ0) is 19.9. The standard InChI is InChI=1S/C23H32N2O3/c1-18(2)20-8-4-6-10-22(20)28-17-19(26)16-24-12-14-25(15-13-24)21-9-5-7-11-23(21)27-3/h4-11,18-19,26H,12-17H2,1-3H3/p+1/t19-/m1/s1. The van der Waals surface area contributed by atoms with Crippen LogP contribution in [0.25, 0.3) is 0 Å². The van der Waals surface area contributed by atoms with E-state index in [2.05, 4.69) is 30.9 Å². The van der Waals surface area contributed by atoms with Gasteiger partial charge in [0, 0.05) is 0 Å². The number of quaternary nitrogens is 1. The van der Waals surface area contributed by atoms with Gasteiger partial charge in [0.2, 0.25) is 0 Å². The largest absolute Gasteiger partial charge is 0.495 e. The summed E-state index contributed by atoms with van der Waals surface area (Å²) in [4.78, 5) is 3.78. The molecule has 1 aliphatic heterocycles. The third-order valence-electron chi connectivity index (χ3n) is 5.39. The van der Waals surface area contributed by atoms with Crippen molar-refractivity contribution in [3.05, 3.63) is 54.1 Å². The van der Waals surface area contributed by atoms with E-state index in [4.69, 9.17) is 9.47 Å². The summed E-state index contributed by atoms with van der Waals surface area (Å²) in [6.07, 6.45) is -0.465. The van der Waals surface area contributed by atoms with E-state index in [0.29, 0.717) is 19.1 Å². The second-order valence-corrected chi connectivity index (χ2v) is 7.77. The van der Waals surface area contributed by atoms with Crippen LogP contribution in [0.5, 0.6) is 11.5 Å². The van der Waals surface area contributed by atoms with Gasteiger partial charge < -0.3 is 24.4 Å². The van der Waals surface area contributed by atoms with Crippen molar-refractivity contribution in [1.29, 1.82) is 0 Å². The molecule has 0 saturated carbocycles. The first kappa shape index (κ1) is 20.5. The van der Waals surface area contributed by atoms with Crippen LogP contribution < -0.4 is 19.3 Å². The molecule has 0 aromatic heterocycles. The van der Waals surface area contributed by atoms with Crippen molar-refractivity contribution < 1.29 is 19.5 Å². The van der Waals surface area contributed by atoms with Crippen LogP contribution in [0, 0.1) is 0 Å². The van der Waals surface area contributed by atoms with Crippen molar-refractivity contribution in [1.82, 2.24) is 0 Å². The lowest BCUT2D eigenvalue weighted by Gasteiger charge is -2.35. The molecule has 1 heterocycles. The van der Waals surface area contributed by atoms with E-state index in [-0.39, 0.29) is 0 Å². The van der Waals surface area contributed by atoms with Gasteiger partial charge >= 0.3 is 0 Å². The number of nitrogens with zero attached hydrogens (tertiary/aromatic N) is 1. The highest BCUT2D eigenvalue weighted by Crippen LogP contribution is 2.27. The Morgan fingerprint density at radius 2 is 1.64 bits per heavy atom. The molecule has 0 spiro atoms. The number of methoxy groups -OCH3 is 1. The zero-order valence-corrected chi connectivity index (χ0v) is 17.2. The lowest BCUT2D eigenvalue weighted by atomic mass is 10.0. The predicted octanol–water partition coefficient (Wildman–Crippen LogP) is 1.96. The monoisotopic (exact) mass is 385 g/mol. The minimum absolute atomic E-state index is 0.337. The van der Waals surface area contributed by atoms with Crippen LogP contribution in [0.3, 0.4) is 0 Å². The first-order chi connectivity index (χ1) is 13.6. The minimum atomic E-state index is -0.465. The number of para-hydroxylation sites is 3. The van der Waals surface area contributed by atoms with Gasteiger partial charge in [-0.25, -0.2) is 0 Å².